The Labute approximate surface area is 101 Å². The molecule has 0 radical (unpaired) electrons. The zero-order valence-corrected chi connectivity index (χ0v) is 9.94. The SMILES string of the molecule is CC(N)[C@@H](N)C(=O)OCc1ccccc1.Cl. The van der Waals surface area contributed by atoms with Crippen LogP contribution in [0.1, 0.15) is 12.5 Å². The van der Waals surface area contributed by atoms with Crippen LogP contribution in [-0.4, -0.2) is 18.1 Å². The molecule has 0 saturated heterocycles. The number of esters is 1. The fourth-order valence-corrected chi connectivity index (χ4v) is 1.04. The van der Waals surface area contributed by atoms with Gasteiger partial charge < -0.3 is 16.2 Å². The molecule has 1 rings (SSSR count). The van der Waals surface area contributed by atoms with Crippen LogP contribution in [0.15, 0.2) is 30.3 Å². The van der Waals surface area contributed by atoms with Gasteiger partial charge in [0, 0.05) is 6.04 Å². The van der Waals surface area contributed by atoms with Gasteiger partial charge in [-0.1, -0.05) is 30.3 Å². The molecule has 4 N–H and O–H groups in total. The first kappa shape index (κ1) is 14.9. The van der Waals surface area contributed by atoms with Gasteiger partial charge in [-0.3, -0.25) is 4.79 Å². The van der Waals surface area contributed by atoms with Gasteiger partial charge in [0.15, 0.2) is 0 Å². The topological polar surface area (TPSA) is 78.3 Å². The highest BCUT2D eigenvalue weighted by molar-refractivity contribution is 5.85. The fraction of sp³-hybridized carbons (Fsp3) is 0.364. The summed E-state index contributed by atoms with van der Waals surface area (Å²) < 4.78 is 5.01. The number of hydrogen-bond acceptors (Lipinski definition) is 4. The molecule has 1 aromatic carbocycles. The molecular weight excluding hydrogens is 228 g/mol. The Kier molecular flexibility index (Phi) is 6.72. The third-order valence-electron chi connectivity index (χ3n) is 2.06. The van der Waals surface area contributed by atoms with Crippen molar-refractivity contribution in [3.8, 4) is 0 Å². The van der Waals surface area contributed by atoms with Crippen molar-refractivity contribution in [1.29, 1.82) is 0 Å². The molecule has 1 aromatic rings. The molecule has 0 saturated carbocycles. The first-order chi connectivity index (χ1) is 7.11. The number of carbonyl (C=O) groups is 1. The molecular formula is C11H17ClN2O2. The molecule has 0 heterocycles. The highest BCUT2D eigenvalue weighted by atomic mass is 35.5. The van der Waals surface area contributed by atoms with E-state index in [0.717, 1.165) is 5.56 Å². The molecule has 0 aliphatic rings. The van der Waals surface area contributed by atoms with Gasteiger partial charge in [-0.05, 0) is 12.5 Å². The zero-order chi connectivity index (χ0) is 11.3. The lowest BCUT2D eigenvalue weighted by Crippen LogP contribution is -2.46. The van der Waals surface area contributed by atoms with Gasteiger partial charge in [-0.25, -0.2) is 0 Å². The summed E-state index contributed by atoms with van der Waals surface area (Å²) in [6.45, 7) is 1.91. The normalized spacial score (nSPS) is 13.4. The highest BCUT2D eigenvalue weighted by Gasteiger charge is 2.18. The van der Waals surface area contributed by atoms with E-state index >= 15 is 0 Å². The standard InChI is InChI=1S/C11H16N2O2.ClH/c1-8(12)10(13)11(14)15-7-9-5-3-2-4-6-9;/h2-6,8,10H,7,12-13H2,1H3;1H/t8?,10-;/m1./s1. The molecule has 0 amide bonds. The summed E-state index contributed by atoms with van der Waals surface area (Å²) in [5.74, 6) is -0.464. The first-order valence-electron chi connectivity index (χ1n) is 4.83. The van der Waals surface area contributed by atoms with Gasteiger partial charge in [0.05, 0.1) is 0 Å². The second-order valence-corrected chi connectivity index (χ2v) is 3.48. The lowest BCUT2D eigenvalue weighted by molar-refractivity contribution is -0.146. The van der Waals surface area contributed by atoms with Crippen LogP contribution in [-0.2, 0) is 16.1 Å². The predicted molar refractivity (Wildman–Crippen MR) is 65.1 cm³/mol. The van der Waals surface area contributed by atoms with Crippen molar-refractivity contribution in [2.75, 3.05) is 0 Å². The molecule has 0 spiro atoms. The van der Waals surface area contributed by atoms with Crippen molar-refractivity contribution in [2.45, 2.75) is 25.6 Å². The summed E-state index contributed by atoms with van der Waals surface area (Å²) >= 11 is 0. The Balaban J connectivity index is 0.00000225. The van der Waals surface area contributed by atoms with Crippen LogP contribution in [0.3, 0.4) is 0 Å². The molecule has 2 atom stereocenters. The molecule has 0 aliphatic heterocycles. The number of nitrogens with two attached hydrogens (primary N) is 2. The summed E-state index contributed by atoms with van der Waals surface area (Å²) in [7, 11) is 0. The molecule has 0 fully saturated rings. The smallest absolute Gasteiger partial charge is 0.324 e. The van der Waals surface area contributed by atoms with Crippen LogP contribution in [0.2, 0.25) is 0 Å². The van der Waals surface area contributed by atoms with E-state index in [1.54, 1.807) is 6.92 Å². The molecule has 16 heavy (non-hydrogen) atoms. The zero-order valence-electron chi connectivity index (χ0n) is 9.13. The van der Waals surface area contributed by atoms with Crippen molar-refractivity contribution in [3.63, 3.8) is 0 Å². The van der Waals surface area contributed by atoms with Crippen molar-refractivity contribution in [2.24, 2.45) is 11.5 Å². The molecule has 90 valence electrons. The average Bonchev–Trinajstić information content (AvgIpc) is 2.26. The number of carbonyl (C=O) groups excluding carboxylic acids is 1. The van der Waals surface area contributed by atoms with E-state index in [1.807, 2.05) is 30.3 Å². The minimum atomic E-state index is -0.756. The van der Waals surface area contributed by atoms with Crippen LogP contribution in [0.4, 0.5) is 0 Å². The Morgan fingerprint density at radius 1 is 1.31 bits per heavy atom. The molecule has 0 aliphatic carbocycles. The van der Waals surface area contributed by atoms with Crippen molar-refractivity contribution < 1.29 is 9.53 Å². The van der Waals surface area contributed by atoms with Gasteiger partial charge in [-0.15, -0.1) is 12.4 Å². The Hall–Kier alpha value is -1.10. The number of ether oxygens (including phenoxy) is 1. The van der Waals surface area contributed by atoms with Crippen LogP contribution < -0.4 is 11.5 Å². The van der Waals surface area contributed by atoms with Gasteiger partial charge in [-0.2, -0.15) is 0 Å². The van der Waals surface area contributed by atoms with Gasteiger partial charge >= 0.3 is 5.97 Å². The van der Waals surface area contributed by atoms with E-state index in [4.69, 9.17) is 16.2 Å². The van der Waals surface area contributed by atoms with Crippen LogP contribution >= 0.6 is 12.4 Å². The van der Waals surface area contributed by atoms with Gasteiger partial charge in [0.2, 0.25) is 0 Å². The average molecular weight is 245 g/mol. The lowest BCUT2D eigenvalue weighted by Gasteiger charge is -2.14. The molecule has 4 nitrogen and oxygen atoms in total. The van der Waals surface area contributed by atoms with E-state index in [2.05, 4.69) is 0 Å². The third kappa shape index (κ3) is 4.61. The Bertz CT molecular complexity index is 317. The van der Waals surface area contributed by atoms with E-state index in [1.165, 1.54) is 0 Å². The largest absolute Gasteiger partial charge is 0.460 e. The number of benzene rings is 1. The second-order valence-electron chi connectivity index (χ2n) is 3.48. The summed E-state index contributed by atoms with van der Waals surface area (Å²) in [5.41, 5.74) is 11.9. The van der Waals surface area contributed by atoms with Gasteiger partial charge in [0.25, 0.3) is 0 Å². The molecule has 0 aromatic heterocycles. The predicted octanol–water partition coefficient (Wildman–Crippen LogP) is 0.826. The van der Waals surface area contributed by atoms with Crippen molar-refractivity contribution in [3.05, 3.63) is 35.9 Å². The Morgan fingerprint density at radius 3 is 2.38 bits per heavy atom. The maximum Gasteiger partial charge on any atom is 0.324 e. The number of halogens is 1. The van der Waals surface area contributed by atoms with E-state index in [0.29, 0.717) is 0 Å². The molecule has 5 heteroatoms. The van der Waals surface area contributed by atoms with Crippen LogP contribution in [0, 0.1) is 0 Å². The monoisotopic (exact) mass is 244 g/mol. The highest BCUT2D eigenvalue weighted by Crippen LogP contribution is 2.01. The Morgan fingerprint density at radius 2 is 1.88 bits per heavy atom. The summed E-state index contributed by atoms with van der Waals surface area (Å²) in [6, 6.07) is 8.28. The second kappa shape index (κ2) is 7.22. The fourth-order valence-electron chi connectivity index (χ4n) is 1.04. The summed E-state index contributed by atoms with van der Waals surface area (Å²) in [4.78, 5) is 11.3. The van der Waals surface area contributed by atoms with Crippen LogP contribution in [0.5, 0.6) is 0 Å². The van der Waals surface area contributed by atoms with Crippen LogP contribution in [0.25, 0.3) is 0 Å². The number of rotatable bonds is 4. The van der Waals surface area contributed by atoms with Crippen molar-refractivity contribution >= 4 is 18.4 Å². The maximum atomic E-state index is 11.3. The van der Waals surface area contributed by atoms with Gasteiger partial charge in [0.1, 0.15) is 12.6 Å². The third-order valence-corrected chi connectivity index (χ3v) is 2.06. The summed E-state index contributed by atoms with van der Waals surface area (Å²) in [6.07, 6.45) is 0. The first-order valence-corrected chi connectivity index (χ1v) is 4.83. The van der Waals surface area contributed by atoms with E-state index in [9.17, 15) is 4.79 Å². The molecule has 1 unspecified atom stereocenters. The van der Waals surface area contributed by atoms with E-state index in [-0.39, 0.29) is 19.0 Å². The maximum absolute atomic E-state index is 11.3. The minimum absolute atomic E-state index is 0. The van der Waals surface area contributed by atoms with E-state index < -0.39 is 18.1 Å². The quantitative estimate of drug-likeness (QED) is 0.769. The summed E-state index contributed by atoms with van der Waals surface area (Å²) in [5, 5.41) is 0. The lowest BCUT2D eigenvalue weighted by atomic mass is 10.2. The minimum Gasteiger partial charge on any atom is -0.460 e. The molecule has 0 bridgehead atoms. The van der Waals surface area contributed by atoms with Crippen molar-refractivity contribution in [1.82, 2.24) is 0 Å². The number of hydrogen-bond donors (Lipinski definition) is 2.